The van der Waals surface area contributed by atoms with E-state index in [4.69, 9.17) is 23.7 Å². The van der Waals surface area contributed by atoms with Crippen LogP contribution in [-0.4, -0.2) is 195 Å². The number of benzene rings is 3. The summed E-state index contributed by atoms with van der Waals surface area (Å²) in [4.78, 5) is 51.1. The third kappa shape index (κ3) is 17.3. The van der Waals surface area contributed by atoms with Crippen LogP contribution in [0.2, 0.25) is 0 Å². The minimum Gasteiger partial charge on any atom is -0.479 e. The first-order valence-electron chi connectivity index (χ1n) is 30.0. The van der Waals surface area contributed by atoms with Gasteiger partial charge in [0.15, 0.2) is 18.5 Å². The van der Waals surface area contributed by atoms with E-state index < -0.39 is 178 Å². The van der Waals surface area contributed by atoms with E-state index in [1.807, 2.05) is 6.92 Å². The van der Waals surface area contributed by atoms with Crippen LogP contribution < -0.4 is 10.6 Å². The highest BCUT2D eigenvalue weighted by molar-refractivity contribution is 7.87. The zero-order valence-electron chi connectivity index (χ0n) is 49.5. The molecule has 498 valence electrons. The number of ether oxygens (including phenoxy) is 5. The highest BCUT2D eigenvalue weighted by atomic mass is 32.2. The third-order valence-corrected chi connectivity index (χ3v) is 20.1. The standard InChI is InChI=1S/C58H79N5O24S3/c1-3-33-24-35(55(70)59-20-10-16-36-28-63(62-61-36)21-11-17-47(66)60-40-18-19-45(89(77,78)79)38-26-37(88(74,75)76)27-46(48(38)40)90(80,81)82)25-42(52(33)83-41-22-31(2)49(67)39(29-64)50(41)68)85-58-54(87-57(73)34-14-8-5-9-15-34)53(51(69)44(30-65)86-58)84-43(56(71)72)23-32-12-6-4-7-13-32/h5,8-9,14-15,18-19,26-28,31-33,35,39,41-44,49-54,58,64-65,67-69H,3-4,6-7,10-13,16-17,20-25,29-30H2,1-2H3,(H,59,70)(H,60,66)(H,71,72)(H,74,75,76)(H,77,78,79)(H,80,81,82)/t31?,33?,35?,39?,41?,42?,43-,44?,49?,50?,51?,52?,53?,54?,58?/m0/s1. The lowest BCUT2D eigenvalue weighted by Crippen LogP contribution is -2.64. The monoisotopic (exact) mass is 1330 g/mol. The van der Waals surface area contributed by atoms with Crippen LogP contribution in [0.25, 0.3) is 10.8 Å². The average Bonchev–Trinajstić information content (AvgIpc) is 0.850. The molecule has 1 aromatic heterocycles. The van der Waals surface area contributed by atoms with Crippen LogP contribution >= 0.6 is 0 Å². The number of carboxylic acids is 1. The fraction of sp³-hybridized carbons (Fsp3) is 0.621. The number of esters is 1. The molecule has 29 nitrogen and oxygen atoms in total. The van der Waals surface area contributed by atoms with Crippen molar-refractivity contribution in [2.75, 3.05) is 25.1 Å². The molecule has 11 N–H and O–H groups in total. The maximum absolute atomic E-state index is 14.3. The lowest BCUT2D eigenvalue weighted by molar-refractivity contribution is -0.333. The summed E-state index contributed by atoms with van der Waals surface area (Å²) < 4.78 is 136. The van der Waals surface area contributed by atoms with Crippen LogP contribution in [0.4, 0.5) is 5.69 Å². The number of aliphatic hydroxyl groups is 5. The summed E-state index contributed by atoms with van der Waals surface area (Å²) in [5.74, 6) is -5.93. The summed E-state index contributed by atoms with van der Waals surface area (Å²) in [6.07, 6.45) is -7.64. The molecule has 0 bridgehead atoms. The molecule has 4 aromatic rings. The van der Waals surface area contributed by atoms with E-state index in [2.05, 4.69) is 20.9 Å². The number of rotatable bonds is 27. The van der Waals surface area contributed by atoms with E-state index in [9.17, 15) is 88.7 Å². The minimum atomic E-state index is -5.36. The Morgan fingerprint density at radius 2 is 1.50 bits per heavy atom. The zero-order chi connectivity index (χ0) is 65.4. The Morgan fingerprint density at radius 1 is 0.789 bits per heavy atom. The van der Waals surface area contributed by atoms with Crippen LogP contribution in [0, 0.1) is 29.6 Å². The van der Waals surface area contributed by atoms with Gasteiger partial charge in [-0.15, -0.1) is 5.10 Å². The van der Waals surface area contributed by atoms with Crippen molar-refractivity contribution in [3.8, 4) is 0 Å². The number of aliphatic hydroxyl groups excluding tert-OH is 5. The predicted molar refractivity (Wildman–Crippen MR) is 314 cm³/mol. The first-order valence-corrected chi connectivity index (χ1v) is 34.3. The number of hydrogen-bond donors (Lipinski definition) is 11. The second-order valence-electron chi connectivity index (χ2n) is 23.7. The molecule has 1 aliphatic heterocycles. The molecule has 32 heteroatoms. The Hall–Kier alpha value is -5.69. The first-order chi connectivity index (χ1) is 42.6. The molecule has 8 rings (SSSR count). The van der Waals surface area contributed by atoms with Gasteiger partial charge >= 0.3 is 11.9 Å². The summed E-state index contributed by atoms with van der Waals surface area (Å²) >= 11 is 0. The van der Waals surface area contributed by atoms with Crippen LogP contribution in [0.15, 0.2) is 75.5 Å². The molecule has 90 heavy (non-hydrogen) atoms. The maximum Gasteiger partial charge on any atom is 0.338 e. The van der Waals surface area contributed by atoms with E-state index in [-0.39, 0.29) is 74.7 Å². The SMILES string of the molecule is CCC1CC(C(=O)NCCCc2cn(CCCC(=O)Nc3ccc(S(=O)(=O)O)c4cc(S(=O)(=O)O)cc(S(=O)(=O)O)c34)nn2)CC(OC2OC(CO)C(O)C(O[C@@H](CC3CCCCC3)C(=O)O)C2OC(=O)c2ccccc2)C1OC1CC(C)C(O)C(CO)C1O. The summed E-state index contributed by atoms with van der Waals surface area (Å²) in [6, 6.07) is 10.4. The number of hydrogen-bond acceptors (Lipinski definition) is 22. The molecule has 0 spiro atoms. The topological polar surface area (TPSA) is 454 Å². The van der Waals surface area contributed by atoms with Gasteiger partial charge in [-0.05, 0) is 99.1 Å². The Balaban J connectivity index is 0.953. The second kappa shape index (κ2) is 30.4. The number of aromatic nitrogens is 3. The molecular formula is C58H79N5O24S3. The fourth-order valence-corrected chi connectivity index (χ4v) is 14.8. The Bertz CT molecular complexity index is 3500. The molecule has 3 aliphatic carbocycles. The molecule has 3 aromatic carbocycles. The lowest BCUT2D eigenvalue weighted by Gasteiger charge is -2.49. The number of fused-ring (bicyclic) bond motifs is 1. The second-order valence-corrected chi connectivity index (χ2v) is 27.9. The molecule has 1 saturated heterocycles. The van der Waals surface area contributed by atoms with E-state index >= 15 is 0 Å². The first kappa shape index (κ1) is 70.2. The number of carbonyl (C=O) groups is 4. The maximum atomic E-state index is 14.3. The molecule has 2 amide bonds. The van der Waals surface area contributed by atoms with Crippen molar-refractivity contribution in [1.29, 1.82) is 0 Å². The molecule has 3 saturated carbocycles. The lowest BCUT2D eigenvalue weighted by atomic mass is 9.74. The molecule has 2 heterocycles. The van der Waals surface area contributed by atoms with E-state index in [1.165, 1.54) is 16.8 Å². The Kier molecular flexibility index (Phi) is 23.7. The molecule has 15 atom stereocenters. The summed E-state index contributed by atoms with van der Waals surface area (Å²) in [7, 11) is -15.7. The smallest absolute Gasteiger partial charge is 0.338 e. The van der Waals surface area contributed by atoms with Crippen molar-refractivity contribution < 1.29 is 112 Å². The van der Waals surface area contributed by atoms with E-state index in [1.54, 1.807) is 31.3 Å². The van der Waals surface area contributed by atoms with Gasteiger partial charge in [0.25, 0.3) is 30.4 Å². The summed E-state index contributed by atoms with van der Waals surface area (Å²) in [6.45, 7) is 2.57. The number of aryl methyl sites for hydroxylation is 2. The van der Waals surface area contributed by atoms with E-state index in [0.29, 0.717) is 37.1 Å². The van der Waals surface area contributed by atoms with Crippen molar-refractivity contribution in [2.45, 2.75) is 192 Å². The molecule has 14 unspecified atom stereocenters. The largest absolute Gasteiger partial charge is 0.479 e. The fourth-order valence-electron chi connectivity index (χ4n) is 12.7. The van der Waals surface area contributed by atoms with Gasteiger partial charge < -0.3 is 65.0 Å². The number of aliphatic carboxylic acids is 1. The van der Waals surface area contributed by atoms with Gasteiger partial charge in [0.2, 0.25) is 11.8 Å². The van der Waals surface area contributed by atoms with Gasteiger partial charge in [-0.2, -0.15) is 25.3 Å². The highest BCUT2D eigenvalue weighted by Gasteiger charge is 2.54. The van der Waals surface area contributed by atoms with Crippen LogP contribution in [0.3, 0.4) is 0 Å². The van der Waals surface area contributed by atoms with Crippen LogP contribution in [-0.2, 0) is 81.4 Å². The number of nitrogens with one attached hydrogen (secondary N) is 2. The van der Waals surface area contributed by atoms with Crippen LogP contribution in [0.5, 0.6) is 0 Å². The number of carbonyl (C=O) groups excluding carboxylic acids is 3. The van der Waals surface area contributed by atoms with Gasteiger partial charge in [-0.1, -0.05) is 75.8 Å². The molecular weight excluding hydrogens is 1250 g/mol. The summed E-state index contributed by atoms with van der Waals surface area (Å²) in [5, 5.41) is 78.0. The van der Waals surface area contributed by atoms with Crippen molar-refractivity contribution in [3.63, 3.8) is 0 Å². The van der Waals surface area contributed by atoms with Crippen molar-refractivity contribution in [3.05, 3.63) is 72.1 Å². The Labute approximate surface area is 520 Å². The minimum absolute atomic E-state index is 0.00691. The van der Waals surface area contributed by atoms with Crippen molar-refractivity contribution in [2.24, 2.45) is 29.6 Å². The van der Waals surface area contributed by atoms with Gasteiger partial charge in [-0.3, -0.25) is 27.9 Å². The molecule has 0 radical (unpaired) electrons. The van der Waals surface area contributed by atoms with Gasteiger partial charge in [0, 0.05) is 48.3 Å². The average molecular weight is 1330 g/mol. The number of anilines is 1. The highest BCUT2D eigenvalue weighted by Crippen LogP contribution is 2.43. The number of amides is 2. The predicted octanol–water partition coefficient (Wildman–Crippen LogP) is 2.70. The number of carboxylic acid groups (broad SMARTS) is 1. The Morgan fingerprint density at radius 3 is 2.14 bits per heavy atom. The third-order valence-electron chi connectivity index (χ3n) is 17.5. The number of nitrogens with zero attached hydrogens (tertiary/aromatic N) is 3. The van der Waals surface area contributed by atoms with Crippen molar-refractivity contribution in [1.82, 2.24) is 20.3 Å². The van der Waals surface area contributed by atoms with E-state index in [0.717, 1.165) is 44.2 Å². The van der Waals surface area contributed by atoms with Crippen LogP contribution in [0.1, 0.15) is 113 Å². The van der Waals surface area contributed by atoms with Gasteiger partial charge in [0.05, 0.1) is 65.6 Å². The van der Waals surface area contributed by atoms with Crippen molar-refractivity contribution >= 4 is 70.6 Å². The van der Waals surface area contributed by atoms with Gasteiger partial charge in [0.1, 0.15) is 28.1 Å². The molecule has 4 aliphatic rings. The van der Waals surface area contributed by atoms with Gasteiger partial charge in [-0.25, -0.2) is 9.59 Å². The molecule has 4 fully saturated rings. The normalized spacial score (nSPS) is 28.2. The quantitative estimate of drug-likeness (QED) is 0.0232. The zero-order valence-corrected chi connectivity index (χ0v) is 51.9. The summed E-state index contributed by atoms with van der Waals surface area (Å²) in [5.41, 5.74) is 0.218.